The Kier molecular flexibility index (Phi) is 5.69. The molecule has 0 unspecified atom stereocenters. The summed E-state index contributed by atoms with van der Waals surface area (Å²) in [6.45, 7) is 0.161. The summed E-state index contributed by atoms with van der Waals surface area (Å²) < 4.78 is 4.81. The van der Waals surface area contributed by atoms with Crippen molar-refractivity contribution in [2.75, 3.05) is 18.6 Å². The number of imide groups is 1. The lowest BCUT2D eigenvalue weighted by Crippen LogP contribution is -2.50. The summed E-state index contributed by atoms with van der Waals surface area (Å²) in [5.41, 5.74) is 1.13. The van der Waals surface area contributed by atoms with Crippen LogP contribution in [-0.4, -0.2) is 37.5 Å². The summed E-state index contributed by atoms with van der Waals surface area (Å²) in [6.07, 6.45) is 0.135. The van der Waals surface area contributed by atoms with Crippen LogP contribution in [0.5, 0.6) is 0 Å². The third-order valence-corrected chi connectivity index (χ3v) is 4.34. The van der Waals surface area contributed by atoms with Gasteiger partial charge in [0.1, 0.15) is 0 Å². The van der Waals surface area contributed by atoms with Crippen molar-refractivity contribution in [3.05, 3.63) is 65.7 Å². The average Bonchev–Trinajstić information content (AvgIpc) is 2.72. The van der Waals surface area contributed by atoms with Gasteiger partial charge < -0.3 is 10.1 Å². The third kappa shape index (κ3) is 4.01. The van der Waals surface area contributed by atoms with Crippen LogP contribution in [0.25, 0.3) is 0 Å². The lowest BCUT2D eigenvalue weighted by molar-refractivity contribution is -0.143. The molecule has 0 aliphatic carbocycles. The lowest BCUT2D eigenvalue weighted by atomic mass is 10.1. The van der Waals surface area contributed by atoms with E-state index in [0.29, 0.717) is 11.3 Å². The van der Waals surface area contributed by atoms with Gasteiger partial charge in [-0.2, -0.15) is 0 Å². The minimum Gasteiger partial charge on any atom is -0.467 e. The molecule has 0 bridgehead atoms. The first-order valence-corrected chi connectivity index (χ1v) is 8.65. The number of amides is 4. The first kappa shape index (κ1) is 19.1. The van der Waals surface area contributed by atoms with Gasteiger partial charge in [-0.15, -0.1) is 0 Å². The largest absolute Gasteiger partial charge is 0.467 e. The molecule has 1 aliphatic rings. The summed E-state index contributed by atoms with van der Waals surface area (Å²) >= 11 is 0. The molecule has 28 heavy (non-hydrogen) atoms. The molecule has 8 nitrogen and oxygen atoms in total. The second kappa shape index (κ2) is 8.34. The Morgan fingerprint density at radius 2 is 1.75 bits per heavy atom. The molecule has 2 aromatic carbocycles. The van der Waals surface area contributed by atoms with Crippen molar-refractivity contribution < 1.29 is 23.9 Å². The van der Waals surface area contributed by atoms with E-state index in [9.17, 15) is 19.2 Å². The number of hydrogen-bond acceptors (Lipinski definition) is 5. The molecular formula is C20H19N3O5. The number of anilines is 1. The fourth-order valence-corrected chi connectivity index (χ4v) is 2.95. The number of nitrogens with zero attached hydrogens (tertiary/aromatic N) is 1. The van der Waals surface area contributed by atoms with Gasteiger partial charge in [0.15, 0.2) is 6.04 Å². The van der Waals surface area contributed by atoms with Crippen molar-refractivity contribution in [1.82, 2.24) is 10.6 Å². The van der Waals surface area contributed by atoms with E-state index in [0.717, 1.165) is 0 Å². The molecule has 4 amide bonds. The number of urea groups is 1. The van der Waals surface area contributed by atoms with Crippen molar-refractivity contribution in [2.24, 2.45) is 0 Å². The van der Waals surface area contributed by atoms with Crippen LogP contribution < -0.4 is 15.5 Å². The van der Waals surface area contributed by atoms with E-state index in [1.165, 1.54) is 12.0 Å². The van der Waals surface area contributed by atoms with Crippen molar-refractivity contribution in [3.8, 4) is 0 Å². The molecule has 8 heteroatoms. The van der Waals surface area contributed by atoms with Crippen LogP contribution in [0.1, 0.15) is 28.4 Å². The van der Waals surface area contributed by atoms with E-state index < -0.39 is 23.9 Å². The van der Waals surface area contributed by atoms with Crippen molar-refractivity contribution in [3.63, 3.8) is 0 Å². The van der Waals surface area contributed by atoms with Gasteiger partial charge in [0.05, 0.1) is 18.4 Å². The molecule has 0 spiro atoms. The standard InChI is InChI=1S/C20H19N3O5/c1-28-19(26)17(13-7-3-2-4-8-13)22-18(25)14-9-5-6-10-15(14)23-12-11-16(24)21-20(23)27/h2-10,17H,11-12H2,1H3,(H,22,25)(H,21,24,27)/t17-/m0/s1. The smallest absolute Gasteiger partial charge is 0.333 e. The highest BCUT2D eigenvalue weighted by molar-refractivity contribution is 6.10. The van der Waals surface area contributed by atoms with Gasteiger partial charge in [-0.1, -0.05) is 42.5 Å². The van der Waals surface area contributed by atoms with Crippen molar-refractivity contribution in [2.45, 2.75) is 12.5 Å². The molecule has 1 fully saturated rings. The summed E-state index contributed by atoms with van der Waals surface area (Å²) in [5, 5.41) is 4.89. The minimum absolute atomic E-state index is 0.135. The zero-order valence-corrected chi connectivity index (χ0v) is 15.2. The number of rotatable bonds is 5. The number of carbonyl (C=O) groups excluding carboxylic acids is 4. The summed E-state index contributed by atoms with van der Waals surface area (Å²) in [6, 6.07) is 13.6. The monoisotopic (exact) mass is 381 g/mol. The maximum Gasteiger partial charge on any atom is 0.333 e. The SMILES string of the molecule is COC(=O)[C@@H](NC(=O)c1ccccc1N1CCC(=O)NC1=O)c1ccccc1. The molecule has 3 rings (SSSR count). The fraction of sp³-hybridized carbons (Fsp3) is 0.200. The first-order valence-electron chi connectivity index (χ1n) is 8.65. The number of benzene rings is 2. The zero-order valence-electron chi connectivity index (χ0n) is 15.2. The minimum atomic E-state index is -0.997. The van der Waals surface area contributed by atoms with Crippen LogP contribution in [0.4, 0.5) is 10.5 Å². The number of nitrogens with one attached hydrogen (secondary N) is 2. The molecule has 144 valence electrons. The summed E-state index contributed by atoms with van der Waals surface area (Å²) in [4.78, 5) is 50.0. The number of para-hydroxylation sites is 1. The Labute approximate surface area is 161 Å². The average molecular weight is 381 g/mol. The maximum absolute atomic E-state index is 12.9. The predicted octanol–water partition coefficient (Wildman–Crippen LogP) is 1.78. The zero-order chi connectivity index (χ0) is 20.1. The normalized spacial score (nSPS) is 14.8. The van der Waals surface area contributed by atoms with Gasteiger partial charge in [0.2, 0.25) is 5.91 Å². The molecule has 1 heterocycles. The molecule has 1 saturated heterocycles. The van der Waals surface area contributed by atoms with Crippen LogP contribution >= 0.6 is 0 Å². The summed E-state index contributed by atoms with van der Waals surface area (Å²) in [7, 11) is 1.24. The van der Waals surface area contributed by atoms with Crippen molar-refractivity contribution in [1.29, 1.82) is 0 Å². The number of ether oxygens (including phenoxy) is 1. The number of hydrogen-bond donors (Lipinski definition) is 2. The Balaban J connectivity index is 1.89. The van der Waals surface area contributed by atoms with Crippen LogP contribution in [0.2, 0.25) is 0 Å². The Hall–Kier alpha value is -3.68. The quantitative estimate of drug-likeness (QED) is 0.768. The molecule has 2 aromatic rings. The van der Waals surface area contributed by atoms with Crippen LogP contribution in [0.15, 0.2) is 54.6 Å². The van der Waals surface area contributed by atoms with E-state index in [-0.39, 0.29) is 24.4 Å². The Morgan fingerprint density at radius 3 is 2.43 bits per heavy atom. The van der Waals surface area contributed by atoms with Gasteiger partial charge in [-0.05, 0) is 17.7 Å². The molecule has 0 radical (unpaired) electrons. The number of methoxy groups -OCH3 is 1. The molecule has 1 aliphatic heterocycles. The second-order valence-electron chi connectivity index (χ2n) is 6.11. The van der Waals surface area contributed by atoms with Gasteiger partial charge in [0, 0.05) is 13.0 Å². The third-order valence-electron chi connectivity index (χ3n) is 4.34. The molecular weight excluding hydrogens is 362 g/mol. The highest BCUT2D eigenvalue weighted by Gasteiger charge is 2.29. The van der Waals surface area contributed by atoms with E-state index in [1.807, 2.05) is 0 Å². The summed E-state index contributed by atoms with van der Waals surface area (Å²) in [5.74, 6) is -1.52. The van der Waals surface area contributed by atoms with E-state index in [2.05, 4.69) is 10.6 Å². The van der Waals surface area contributed by atoms with E-state index >= 15 is 0 Å². The molecule has 1 atom stereocenters. The van der Waals surface area contributed by atoms with Gasteiger partial charge in [0.25, 0.3) is 5.91 Å². The van der Waals surface area contributed by atoms with Gasteiger partial charge >= 0.3 is 12.0 Å². The second-order valence-corrected chi connectivity index (χ2v) is 6.11. The number of carbonyl (C=O) groups is 4. The highest BCUT2D eigenvalue weighted by Crippen LogP contribution is 2.24. The van der Waals surface area contributed by atoms with Crippen LogP contribution in [-0.2, 0) is 14.3 Å². The topological polar surface area (TPSA) is 105 Å². The highest BCUT2D eigenvalue weighted by atomic mass is 16.5. The van der Waals surface area contributed by atoms with Crippen molar-refractivity contribution >= 4 is 29.5 Å². The molecule has 0 aromatic heterocycles. The molecule has 2 N–H and O–H groups in total. The number of esters is 1. The van der Waals surface area contributed by atoms with Gasteiger partial charge in [-0.25, -0.2) is 9.59 Å². The first-order chi connectivity index (χ1) is 13.5. The molecule has 0 saturated carbocycles. The van der Waals surface area contributed by atoms with Crippen LogP contribution in [0.3, 0.4) is 0 Å². The Bertz CT molecular complexity index is 913. The van der Waals surface area contributed by atoms with E-state index in [1.54, 1.807) is 54.6 Å². The lowest BCUT2D eigenvalue weighted by Gasteiger charge is -2.28. The predicted molar refractivity (Wildman–Crippen MR) is 101 cm³/mol. The van der Waals surface area contributed by atoms with Gasteiger partial charge in [-0.3, -0.25) is 19.8 Å². The Morgan fingerprint density at radius 1 is 1.07 bits per heavy atom. The fourth-order valence-electron chi connectivity index (χ4n) is 2.95. The van der Waals surface area contributed by atoms with E-state index in [4.69, 9.17) is 4.74 Å². The van der Waals surface area contributed by atoms with Crippen LogP contribution in [0, 0.1) is 0 Å². The maximum atomic E-state index is 12.9.